The number of carbonyl (C=O) groups excluding carboxylic acids is 2. The highest BCUT2D eigenvalue weighted by Gasteiger charge is 2.57. The number of methoxy groups -OCH3 is 6. The van der Waals surface area contributed by atoms with Gasteiger partial charge in [0.15, 0.2) is 0 Å². The van der Waals surface area contributed by atoms with Crippen LogP contribution in [0.1, 0.15) is 29.8 Å². The molecule has 0 unspecified atom stereocenters. The predicted octanol–water partition coefficient (Wildman–Crippen LogP) is -0.171. The van der Waals surface area contributed by atoms with Gasteiger partial charge in [0.1, 0.15) is 18.3 Å². The van der Waals surface area contributed by atoms with Gasteiger partial charge in [-0.15, -0.1) is 0 Å². The molecular weight excluding hydrogens is 374 g/mol. The second kappa shape index (κ2) is 11.0. The van der Waals surface area contributed by atoms with E-state index < -0.39 is 89.2 Å². The van der Waals surface area contributed by atoms with Crippen LogP contribution in [0, 0.1) is 0 Å². The fraction of sp³-hybridized carbons (Fsp3) is 0.889. The van der Waals surface area contributed by atoms with Crippen LogP contribution >= 0.6 is 0 Å². The third-order valence-electron chi connectivity index (χ3n) is 4.44. The van der Waals surface area contributed by atoms with Crippen molar-refractivity contribution >= 4 is 11.9 Å². The Bertz CT molecular complexity index is 863. The number of rotatable bonds is 10. The van der Waals surface area contributed by atoms with Crippen LogP contribution in [-0.2, 0) is 42.7 Å². The van der Waals surface area contributed by atoms with Crippen molar-refractivity contribution in [3.63, 3.8) is 0 Å². The summed E-state index contributed by atoms with van der Waals surface area (Å²) in [5.74, 6) is -5.03. The van der Waals surface area contributed by atoms with Gasteiger partial charge in [0, 0.05) is 59.8 Å². The molecule has 164 valence electrons. The van der Waals surface area contributed by atoms with Gasteiger partial charge in [0.2, 0.25) is 5.91 Å². The summed E-state index contributed by atoms with van der Waals surface area (Å²) in [7, 11) is -6.86. The van der Waals surface area contributed by atoms with Gasteiger partial charge in [-0.3, -0.25) is 4.79 Å². The number of likely N-dealkylation sites (N-methyl/N-ethyl adjacent to an activating group) is 1. The van der Waals surface area contributed by atoms with E-state index >= 15 is 0 Å². The molecule has 10 heteroatoms. The third kappa shape index (κ3) is 5.00. The number of amides is 1. The molecule has 10 nitrogen and oxygen atoms in total. The minimum atomic E-state index is -3.34. The number of esters is 1. The molecule has 0 spiro atoms. The smallest absolute Gasteiger partial charge is 0.366 e. The molecule has 0 N–H and O–H groups in total. The SMILES string of the molecule is [2H]C([2H])([2H])O[C@@H]([C@@H]1O[C@@](OC)(C(=O)OC)C[C@H](OC([2H])([2H])[2H])[C@H]1N(C(C)=O)C([2H])([2H])[2H])[C@@H](COC)OC([2H])([2H])[2H]. The molecule has 0 radical (unpaired) electrons. The summed E-state index contributed by atoms with van der Waals surface area (Å²) in [5.41, 5.74) is 0. The second-order valence-corrected chi connectivity index (χ2v) is 5.97. The van der Waals surface area contributed by atoms with Crippen molar-refractivity contribution in [3.05, 3.63) is 0 Å². The molecule has 1 saturated heterocycles. The van der Waals surface area contributed by atoms with Crippen molar-refractivity contribution in [2.75, 3.05) is 56.0 Å². The maximum atomic E-state index is 12.9. The van der Waals surface area contributed by atoms with E-state index in [0.29, 0.717) is 0 Å². The lowest BCUT2D eigenvalue weighted by molar-refractivity contribution is -0.316. The zero-order chi connectivity index (χ0) is 31.5. The molecule has 1 rings (SSSR count). The number of nitrogens with zero attached hydrogens (tertiary/aromatic N) is 1. The van der Waals surface area contributed by atoms with Gasteiger partial charge in [-0.2, -0.15) is 0 Å². The number of hydrogen-bond donors (Lipinski definition) is 0. The Kier molecular flexibility index (Phi) is 4.64. The number of ether oxygens (including phenoxy) is 7. The molecular formula is C18H33NO9. The van der Waals surface area contributed by atoms with E-state index in [1.165, 1.54) is 0 Å². The maximum Gasteiger partial charge on any atom is 0.366 e. The molecule has 0 saturated carbocycles. The summed E-state index contributed by atoms with van der Waals surface area (Å²) in [6, 6.07) is -2.05. The summed E-state index contributed by atoms with van der Waals surface area (Å²) in [5, 5.41) is 0. The molecule has 0 bridgehead atoms. The molecule has 1 heterocycles. The van der Waals surface area contributed by atoms with Crippen molar-refractivity contribution in [3.8, 4) is 0 Å². The molecule has 6 atom stereocenters. The standard InChI is InChI=1S/C18H33NO9/c1-11(20)19(2)14-12(23-4)9-18(27-8,17(21)26-7)28-16(14)15(25-6)13(24-5)10-22-3/h12-16H,9-10H2,1-8H3/t12-,13+,14+,15+,16+,18+/m0/s1/i2D3,4D3,5D3,6D3. The Labute approximate surface area is 183 Å². The molecule has 1 aliphatic rings. The highest BCUT2D eigenvalue weighted by molar-refractivity contribution is 5.78. The first kappa shape index (κ1) is 11.8. The summed E-state index contributed by atoms with van der Waals surface area (Å²) in [6.07, 6.45) is -9.06. The van der Waals surface area contributed by atoms with Crippen molar-refractivity contribution in [2.24, 2.45) is 0 Å². The zero-order valence-corrected chi connectivity index (χ0v) is 15.9. The van der Waals surface area contributed by atoms with Crippen LogP contribution in [0.4, 0.5) is 0 Å². The highest BCUT2D eigenvalue weighted by Crippen LogP contribution is 2.37. The van der Waals surface area contributed by atoms with Crippen LogP contribution < -0.4 is 0 Å². The van der Waals surface area contributed by atoms with Crippen LogP contribution in [-0.4, -0.2) is 109 Å². The van der Waals surface area contributed by atoms with Gasteiger partial charge in [-0.25, -0.2) is 4.79 Å². The quantitative estimate of drug-likeness (QED) is 0.447. The number of hydrogen-bond acceptors (Lipinski definition) is 9. The van der Waals surface area contributed by atoms with E-state index in [9.17, 15) is 9.59 Å². The van der Waals surface area contributed by atoms with Gasteiger partial charge in [-0.1, -0.05) is 0 Å². The first-order valence-electron chi connectivity index (χ1n) is 14.0. The van der Waals surface area contributed by atoms with Crippen molar-refractivity contribution < 1.29 is 59.2 Å². The minimum absolute atomic E-state index is 0.181. The van der Waals surface area contributed by atoms with E-state index in [-0.39, 0.29) is 4.90 Å². The minimum Gasteiger partial charge on any atom is -0.465 e. The largest absolute Gasteiger partial charge is 0.465 e. The maximum absolute atomic E-state index is 12.9. The second-order valence-electron chi connectivity index (χ2n) is 5.97. The van der Waals surface area contributed by atoms with Crippen LogP contribution in [0.5, 0.6) is 0 Å². The van der Waals surface area contributed by atoms with Gasteiger partial charge in [-0.05, 0) is 0 Å². The molecule has 0 aliphatic carbocycles. The lowest BCUT2D eigenvalue weighted by Gasteiger charge is -2.50. The summed E-state index contributed by atoms with van der Waals surface area (Å²) < 4.78 is 128. The Morgan fingerprint density at radius 2 is 2.00 bits per heavy atom. The normalized spacial score (nSPS) is 37.9. The van der Waals surface area contributed by atoms with Crippen molar-refractivity contribution in [1.29, 1.82) is 0 Å². The van der Waals surface area contributed by atoms with Crippen LogP contribution in [0.3, 0.4) is 0 Å². The molecule has 0 aromatic rings. The van der Waals surface area contributed by atoms with E-state index in [2.05, 4.69) is 0 Å². The first-order valence-corrected chi connectivity index (χ1v) is 8.05. The first-order chi connectivity index (χ1) is 17.9. The summed E-state index contributed by atoms with van der Waals surface area (Å²) in [4.78, 5) is 25.7. The zero-order valence-electron chi connectivity index (χ0n) is 27.9. The predicted molar refractivity (Wildman–Crippen MR) is 97.7 cm³/mol. The van der Waals surface area contributed by atoms with Crippen molar-refractivity contribution in [1.82, 2.24) is 4.90 Å². The Morgan fingerprint density at radius 3 is 2.50 bits per heavy atom. The van der Waals surface area contributed by atoms with Gasteiger partial charge in [0.25, 0.3) is 5.79 Å². The molecule has 1 amide bonds. The fourth-order valence-corrected chi connectivity index (χ4v) is 3.05. The van der Waals surface area contributed by atoms with Gasteiger partial charge in [0.05, 0.1) is 38.2 Å². The summed E-state index contributed by atoms with van der Waals surface area (Å²) >= 11 is 0. The van der Waals surface area contributed by atoms with E-state index in [1.54, 1.807) is 0 Å². The molecule has 0 aromatic carbocycles. The van der Waals surface area contributed by atoms with Crippen molar-refractivity contribution in [2.45, 2.75) is 49.6 Å². The monoisotopic (exact) mass is 419 g/mol. The third-order valence-corrected chi connectivity index (χ3v) is 4.44. The van der Waals surface area contributed by atoms with E-state index in [1.807, 2.05) is 0 Å². The lowest BCUT2D eigenvalue weighted by Crippen LogP contribution is -2.68. The van der Waals surface area contributed by atoms with Crippen LogP contribution in [0.25, 0.3) is 0 Å². The Morgan fingerprint density at radius 1 is 1.25 bits per heavy atom. The van der Waals surface area contributed by atoms with Gasteiger partial charge < -0.3 is 38.1 Å². The fourth-order valence-electron chi connectivity index (χ4n) is 3.05. The van der Waals surface area contributed by atoms with Crippen LogP contribution in [0.15, 0.2) is 0 Å². The average molecular weight is 420 g/mol. The lowest BCUT2D eigenvalue weighted by atomic mass is 9.87. The summed E-state index contributed by atoms with van der Waals surface area (Å²) in [6.45, 7) is -3.19. The molecule has 0 aromatic heterocycles. The number of carbonyl (C=O) groups is 2. The highest BCUT2D eigenvalue weighted by atomic mass is 16.7. The molecule has 28 heavy (non-hydrogen) atoms. The van der Waals surface area contributed by atoms with E-state index in [4.69, 9.17) is 49.6 Å². The van der Waals surface area contributed by atoms with Crippen LogP contribution in [0.2, 0.25) is 0 Å². The average Bonchev–Trinajstić information content (AvgIpc) is 2.74. The molecule has 1 fully saturated rings. The Balaban J connectivity index is 4.12. The van der Waals surface area contributed by atoms with Gasteiger partial charge >= 0.3 is 5.97 Å². The van der Waals surface area contributed by atoms with E-state index in [0.717, 1.165) is 28.3 Å². The topological polar surface area (TPSA) is 102 Å². The Hall–Kier alpha value is -1.30. The molecule has 1 aliphatic heterocycles.